The fourth-order valence-electron chi connectivity index (χ4n) is 3.65. The largest absolute Gasteiger partial charge is 0.366 e. The van der Waals surface area contributed by atoms with Crippen LogP contribution in [0.3, 0.4) is 0 Å². The van der Waals surface area contributed by atoms with Crippen LogP contribution in [0.15, 0.2) is 78.0 Å². The van der Waals surface area contributed by atoms with Crippen LogP contribution < -0.4 is 4.90 Å². The van der Waals surface area contributed by atoms with Crippen molar-refractivity contribution in [3.63, 3.8) is 0 Å². The molecule has 1 saturated heterocycles. The molecule has 0 unspecified atom stereocenters. The Morgan fingerprint density at radius 3 is 2.43 bits per heavy atom. The molecule has 0 spiro atoms. The topological polar surface area (TPSA) is 68.9 Å². The first-order valence-electron chi connectivity index (χ1n) is 9.69. The van der Waals surface area contributed by atoms with Crippen LogP contribution in [0.4, 0.5) is 10.5 Å². The van der Waals surface area contributed by atoms with E-state index in [9.17, 15) is 10.1 Å². The van der Waals surface area contributed by atoms with Crippen molar-refractivity contribution in [2.24, 2.45) is 5.16 Å². The number of hydrogen-bond acceptors (Lipinski definition) is 4. The molecule has 3 aromatic carbocycles. The lowest BCUT2D eigenvalue weighted by atomic mass is 10.0. The second-order valence-electron chi connectivity index (χ2n) is 7.74. The zero-order valence-corrected chi connectivity index (χ0v) is 17.1. The number of rotatable bonds is 4. The van der Waals surface area contributed by atoms with E-state index in [1.807, 2.05) is 74.5 Å². The summed E-state index contributed by atoms with van der Waals surface area (Å²) in [4.78, 5) is 22.4. The van der Waals surface area contributed by atoms with Crippen LogP contribution in [0, 0.1) is 11.3 Å². The molecule has 30 heavy (non-hydrogen) atoms. The standard InChI is InChI=1S/C24H22N4O2/c1-24(2)22(30-26-20(16-25)18-11-5-4-6-12-18)28(23(29)27(24)3)21-15-9-13-17-10-7-8-14-19(17)21/h4-15,22H,1-3H3/b26-20+/t22-/m1/s1. The van der Waals surface area contributed by atoms with E-state index in [-0.39, 0.29) is 11.7 Å². The summed E-state index contributed by atoms with van der Waals surface area (Å²) in [6.45, 7) is 3.84. The van der Waals surface area contributed by atoms with Crippen molar-refractivity contribution >= 4 is 28.2 Å². The molecule has 0 bridgehead atoms. The van der Waals surface area contributed by atoms with Crippen molar-refractivity contribution in [3.8, 4) is 6.07 Å². The predicted octanol–water partition coefficient (Wildman–Crippen LogP) is 4.76. The number of carbonyl (C=O) groups is 1. The quantitative estimate of drug-likeness (QED) is 0.470. The van der Waals surface area contributed by atoms with Crippen LogP contribution in [-0.2, 0) is 4.84 Å². The van der Waals surface area contributed by atoms with E-state index < -0.39 is 11.8 Å². The maximum Gasteiger partial charge on any atom is 0.328 e. The molecule has 1 atom stereocenters. The van der Waals surface area contributed by atoms with Crippen LogP contribution in [0.25, 0.3) is 10.8 Å². The molecule has 4 rings (SSSR count). The van der Waals surface area contributed by atoms with Crippen molar-refractivity contribution < 1.29 is 9.63 Å². The predicted molar refractivity (Wildman–Crippen MR) is 117 cm³/mol. The molecule has 1 aliphatic heterocycles. The first-order valence-corrected chi connectivity index (χ1v) is 9.69. The Labute approximate surface area is 175 Å². The third-order valence-corrected chi connectivity index (χ3v) is 5.62. The molecular weight excluding hydrogens is 376 g/mol. The number of likely N-dealkylation sites (N-methyl/N-ethyl adjacent to an activating group) is 1. The summed E-state index contributed by atoms with van der Waals surface area (Å²) in [7, 11) is 1.75. The number of nitrogens with zero attached hydrogens (tertiary/aromatic N) is 4. The van der Waals surface area contributed by atoms with Gasteiger partial charge in [0.25, 0.3) is 0 Å². The molecule has 0 aromatic heterocycles. The molecule has 1 aliphatic rings. The minimum absolute atomic E-state index is 0.159. The van der Waals surface area contributed by atoms with Crippen molar-refractivity contribution in [1.82, 2.24) is 4.90 Å². The van der Waals surface area contributed by atoms with Crippen LogP contribution in [-0.4, -0.2) is 35.5 Å². The highest BCUT2D eigenvalue weighted by molar-refractivity contribution is 6.11. The highest BCUT2D eigenvalue weighted by Gasteiger charge is 2.53. The van der Waals surface area contributed by atoms with Crippen molar-refractivity contribution in [2.45, 2.75) is 25.6 Å². The van der Waals surface area contributed by atoms with Gasteiger partial charge in [0, 0.05) is 18.0 Å². The van der Waals surface area contributed by atoms with Crippen LogP contribution in [0.1, 0.15) is 19.4 Å². The van der Waals surface area contributed by atoms with Gasteiger partial charge in [0.05, 0.1) is 11.2 Å². The average molecular weight is 398 g/mol. The molecule has 1 heterocycles. The van der Waals surface area contributed by atoms with E-state index in [1.165, 1.54) is 0 Å². The fraction of sp³-hybridized carbons (Fsp3) is 0.208. The van der Waals surface area contributed by atoms with Gasteiger partial charge in [0.2, 0.25) is 6.23 Å². The summed E-state index contributed by atoms with van der Waals surface area (Å²) in [5.74, 6) is 0. The third kappa shape index (κ3) is 3.15. The van der Waals surface area contributed by atoms with Crippen LogP contribution >= 0.6 is 0 Å². The SMILES string of the molecule is CN1C(=O)N(c2cccc3ccccc23)[C@H](O/N=C(\C#N)c2ccccc2)C1(C)C. The zero-order valence-electron chi connectivity index (χ0n) is 17.1. The molecule has 0 N–H and O–H groups in total. The fourth-order valence-corrected chi connectivity index (χ4v) is 3.65. The normalized spacial score (nSPS) is 18.5. The van der Waals surface area contributed by atoms with Crippen molar-refractivity contribution in [3.05, 3.63) is 78.4 Å². The molecular formula is C24H22N4O2. The van der Waals surface area contributed by atoms with Gasteiger partial charge in [-0.15, -0.1) is 0 Å². The van der Waals surface area contributed by atoms with Gasteiger partial charge in [-0.1, -0.05) is 71.9 Å². The molecule has 150 valence electrons. The van der Waals surface area contributed by atoms with E-state index in [2.05, 4.69) is 11.2 Å². The van der Waals surface area contributed by atoms with Crippen LogP contribution in [0.2, 0.25) is 0 Å². The highest BCUT2D eigenvalue weighted by atomic mass is 16.7. The second-order valence-corrected chi connectivity index (χ2v) is 7.74. The third-order valence-electron chi connectivity index (χ3n) is 5.62. The number of amides is 2. The van der Waals surface area contributed by atoms with Gasteiger partial charge in [-0.2, -0.15) is 5.26 Å². The molecule has 0 saturated carbocycles. The molecule has 3 aromatic rings. The van der Waals surface area contributed by atoms with Gasteiger partial charge in [0.15, 0.2) is 5.71 Å². The number of benzene rings is 3. The van der Waals surface area contributed by atoms with E-state index >= 15 is 0 Å². The minimum atomic E-state index is -0.715. The number of oxime groups is 1. The number of anilines is 1. The lowest BCUT2D eigenvalue weighted by Gasteiger charge is -2.31. The average Bonchev–Trinajstić information content (AvgIpc) is 2.94. The Bertz CT molecular complexity index is 1160. The van der Waals surface area contributed by atoms with Gasteiger partial charge in [-0.3, -0.25) is 4.90 Å². The lowest BCUT2D eigenvalue weighted by molar-refractivity contribution is 0.000966. The lowest BCUT2D eigenvalue weighted by Crippen LogP contribution is -2.46. The number of fused-ring (bicyclic) bond motifs is 1. The minimum Gasteiger partial charge on any atom is -0.366 e. The monoisotopic (exact) mass is 398 g/mol. The van der Waals surface area contributed by atoms with Crippen molar-refractivity contribution in [1.29, 1.82) is 5.26 Å². The number of urea groups is 1. The van der Waals surface area contributed by atoms with Gasteiger partial charge in [0.1, 0.15) is 6.07 Å². The van der Waals surface area contributed by atoms with E-state index in [0.29, 0.717) is 5.56 Å². The molecule has 0 radical (unpaired) electrons. The maximum absolute atomic E-state index is 13.2. The van der Waals surface area contributed by atoms with Crippen LogP contribution in [0.5, 0.6) is 0 Å². The summed E-state index contributed by atoms with van der Waals surface area (Å²) in [5.41, 5.74) is 0.891. The van der Waals surface area contributed by atoms with Gasteiger partial charge >= 0.3 is 6.03 Å². The molecule has 0 aliphatic carbocycles. The summed E-state index contributed by atoms with van der Waals surface area (Å²) in [6.07, 6.45) is -0.715. The summed E-state index contributed by atoms with van der Waals surface area (Å²) < 4.78 is 0. The second kappa shape index (κ2) is 7.53. The van der Waals surface area contributed by atoms with Gasteiger partial charge < -0.3 is 9.74 Å². The molecule has 1 fully saturated rings. The zero-order chi connectivity index (χ0) is 21.3. The number of carbonyl (C=O) groups excluding carboxylic acids is 1. The van der Waals surface area contributed by atoms with Crippen molar-refractivity contribution in [2.75, 3.05) is 11.9 Å². The van der Waals surface area contributed by atoms with Gasteiger partial charge in [-0.05, 0) is 25.3 Å². The summed E-state index contributed by atoms with van der Waals surface area (Å²) in [5, 5.41) is 15.7. The van der Waals surface area contributed by atoms with Gasteiger partial charge in [-0.25, -0.2) is 4.79 Å². The number of hydrogen-bond donors (Lipinski definition) is 0. The smallest absolute Gasteiger partial charge is 0.328 e. The Morgan fingerprint density at radius 2 is 1.70 bits per heavy atom. The Kier molecular flexibility index (Phi) is 4.88. The Balaban J connectivity index is 1.78. The Morgan fingerprint density at radius 1 is 1.03 bits per heavy atom. The first-order chi connectivity index (χ1) is 14.4. The highest BCUT2D eigenvalue weighted by Crippen LogP contribution is 2.39. The van der Waals surface area contributed by atoms with E-state index in [1.54, 1.807) is 29.0 Å². The molecule has 2 amide bonds. The number of nitriles is 1. The molecule has 6 heteroatoms. The van der Waals surface area contributed by atoms with E-state index in [4.69, 9.17) is 4.84 Å². The Hall–Kier alpha value is -3.85. The van der Waals surface area contributed by atoms with E-state index in [0.717, 1.165) is 16.5 Å². The maximum atomic E-state index is 13.2. The summed E-state index contributed by atoms with van der Waals surface area (Å²) >= 11 is 0. The summed E-state index contributed by atoms with van der Waals surface area (Å²) in [6, 6.07) is 24.7. The first kappa shape index (κ1) is 19.5. The molecule has 6 nitrogen and oxygen atoms in total.